The van der Waals surface area contributed by atoms with Gasteiger partial charge in [-0.2, -0.15) is 0 Å². The average molecular weight is 243 g/mol. The lowest BCUT2D eigenvalue weighted by atomic mass is 10.2. The summed E-state index contributed by atoms with van der Waals surface area (Å²) in [6.07, 6.45) is 0. The molecule has 0 amide bonds. The fourth-order valence-electron chi connectivity index (χ4n) is 0.822. The maximum absolute atomic E-state index is 11.2. The first-order chi connectivity index (χ1) is 5.41. The molecule has 5 heteroatoms. The average Bonchev–Trinajstić information content (AvgIpc) is 1.92. The molecule has 1 aromatic carbocycles. The van der Waals surface area contributed by atoms with Crippen molar-refractivity contribution in [1.29, 1.82) is 0 Å². The number of hydrogen-bond acceptors (Lipinski definition) is 1. The molecule has 0 fully saturated rings. The van der Waals surface area contributed by atoms with Crippen LogP contribution in [-0.2, 0) is 4.57 Å². The van der Waals surface area contributed by atoms with Gasteiger partial charge in [0.15, 0.2) is 0 Å². The van der Waals surface area contributed by atoms with Gasteiger partial charge in [-0.05, 0) is 41.5 Å². The van der Waals surface area contributed by atoms with Gasteiger partial charge in [0, 0.05) is 0 Å². The predicted octanol–water partition coefficient (Wildman–Crippen LogP) is 3.94. The van der Waals surface area contributed by atoms with Gasteiger partial charge in [-0.15, -0.1) is 0 Å². The van der Waals surface area contributed by atoms with Gasteiger partial charge in [-0.1, -0.05) is 23.2 Å². The summed E-state index contributed by atoms with van der Waals surface area (Å²) in [5, 5.41) is 0.654. The molecule has 0 atom stereocenters. The highest BCUT2D eigenvalue weighted by molar-refractivity contribution is 8.13. The van der Waals surface area contributed by atoms with E-state index in [0.717, 1.165) is 5.56 Å². The quantitative estimate of drug-likeness (QED) is 0.683. The summed E-state index contributed by atoms with van der Waals surface area (Å²) in [6, 6.07) is 5.06. The monoisotopic (exact) mass is 242 g/mol. The van der Waals surface area contributed by atoms with Crippen molar-refractivity contribution in [3.05, 3.63) is 28.8 Å². The van der Waals surface area contributed by atoms with Crippen LogP contribution in [0.4, 0.5) is 0 Å². The topological polar surface area (TPSA) is 17.1 Å². The van der Waals surface area contributed by atoms with E-state index in [4.69, 9.17) is 34.1 Å². The van der Waals surface area contributed by atoms with Crippen molar-refractivity contribution in [1.82, 2.24) is 0 Å². The first-order valence-electron chi connectivity index (χ1n) is 3.17. The molecule has 0 aliphatic carbocycles. The molecule has 0 bridgehead atoms. The van der Waals surface area contributed by atoms with Crippen molar-refractivity contribution < 1.29 is 4.57 Å². The SMILES string of the molecule is Cc1ccc(Cl)c(P(=O)(Cl)Cl)c1. The van der Waals surface area contributed by atoms with E-state index in [1.54, 1.807) is 18.2 Å². The van der Waals surface area contributed by atoms with Crippen molar-refractivity contribution in [3.8, 4) is 0 Å². The van der Waals surface area contributed by atoms with Crippen LogP contribution in [0.5, 0.6) is 0 Å². The molecule has 1 rings (SSSR count). The third kappa shape index (κ3) is 2.40. The smallest absolute Gasteiger partial charge is 0.283 e. The molecule has 0 aromatic heterocycles. The van der Waals surface area contributed by atoms with Crippen LogP contribution in [-0.4, -0.2) is 0 Å². The Bertz CT molecular complexity index is 345. The zero-order valence-electron chi connectivity index (χ0n) is 6.22. The van der Waals surface area contributed by atoms with Gasteiger partial charge in [-0.25, -0.2) is 0 Å². The predicted molar refractivity (Wildman–Crippen MR) is 55.1 cm³/mol. The first-order valence-corrected chi connectivity index (χ1v) is 7.07. The van der Waals surface area contributed by atoms with Crippen molar-refractivity contribution in [2.45, 2.75) is 6.92 Å². The van der Waals surface area contributed by atoms with Gasteiger partial charge in [0.25, 0.3) is 5.85 Å². The number of benzene rings is 1. The zero-order chi connectivity index (χ0) is 9.35. The van der Waals surface area contributed by atoms with Gasteiger partial charge in [0.05, 0.1) is 10.3 Å². The lowest BCUT2D eigenvalue weighted by Crippen LogP contribution is -1.99. The number of rotatable bonds is 1. The fraction of sp³-hybridized carbons (Fsp3) is 0.143. The van der Waals surface area contributed by atoms with Crippen molar-refractivity contribution >= 4 is 45.2 Å². The molecule has 0 radical (unpaired) electrons. The highest BCUT2D eigenvalue weighted by atomic mass is 35.9. The molecular weight excluding hydrogens is 237 g/mol. The molecular formula is C7H6Cl3OP. The lowest BCUT2D eigenvalue weighted by Gasteiger charge is -2.05. The minimum atomic E-state index is -3.27. The highest BCUT2D eigenvalue weighted by Crippen LogP contribution is 2.56. The Morgan fingerprint density at radius 2 is 1.92 bits per heavy atom. The molecule has 0 N–H and O–H groups in total. The molecule has 1 nitrogen and oxygen atoms in total. The maximum Gasteiger partial charge on any atom is 0.283 e. The molecule has 66 valence electrons. The zero-order valence-corrected chi connectivity index (χ0v) is 9.38. The second-order valence-electron chi connectivity index (χ2n) is 2.42. The van der Waals surface area contributed by atoms with Gasteiger partial charge in [0.1, 0.15) is 0 Å². The van der Waals surface area contributed by atoms with Crippen LogP contribution in [0.3, 0.4) is 0 Å². The van der Waals surface area contributed by atoms with Crippen LogP contribution < -0.4 is 5.30 Å². The van der Waals surface area contributed by atoms with E-state index in [1.165, 1.54) is 0 Å². The summed E-state index contributed by atoms with van der Waals surface area (Å²) in [5.41, 5.74) is 0.927. The Hall–Kier alpha value is 0.320. The van der Waals surface area contributed by atoms with Gasteiger partial charge >= 0.3 is 0 Å². The normalized spacial score (nSPS) is 11.7. The standard InChI is InChI=1S/C7H6Cl3OP/c1-5-2-3-6(8)7(4-5)12(9,10)11/h2-4H,1H3. The molecule has 0 saturated carbocycles. The molecule has 0 saturated heterocycles. The molecule has 0 aliphatic heterocycles. The van der Waals surface area contributed by atoms with Crippen molar-refractivity contribution in [3.63, 3.8) is 0 Å². The Balaban J connectivity index is 3.33. The fourth-order valence-corrected chi connectivity index (χ4v) is 3.07. The van der Waals surface area contributed by atoms with Crippen LogP contribution in [0.1, 0.15) is 5.56 Å². The van der Waals surface area contributed by atoms with E-state index in [9.17, 15) is 4.57 Å². The van der Waals surface area contributed by atoms with Crippen LogP contribution in [0, 0.1) is 6.92 Å². The lowest BCUT2D eigenvalue weighted by molar-refractivity contribution is 0.597. The van der Waals surface area contributed by atoms with Gasteiger partial charge < -0.3 is 0 Å². The molecule has 12 heavy (non-hydrogen) atoms. The molecule has 0 unspecified atom stereocenters. The van der Waals surface area contributed by atoms with Crippen molar-refractivity contribution in [2.75, 3.05) is 0 Å². The summed E-state index contributed by atoms with van der Waals surface area (Å²) in [4.78, 5) is 0. The van der Waals surface area contributed by atoms with Gasteiger partial charge in [0.2, 0.25) is 0 Å². The maximum atomic E-state index is 11.2. The third-order valence-corrected chi connectivity index (χ3v) is 3.87. The minimum absolute atomic E-state index is 0.313. The largest absolute Gasteiger partial charge is 0.284 e. The van der Waals surface area contributed by atoms with Crippen LogP contribution in [0.25, 0.3) is 0 Å². The third-order valence-electron chi connectivity index (χ3n) is 1.38. The van der Waals surface area contributed by atoms with E-state index < -0.39 is 5.85 Å². The van der Waals surface area contributed by atoms with Crippen LogP contribution in [0.2, 0.25) is 5.02 Å². The first kappa shape index (κ1) is 10.4. The van der Waals surface area contributed by atoms with E-state index in [1.807, 2.05) is 6.92 Å². The molecule has 0 heterocycles. The van der Waals surface area contributed by atoms with Gasteiger partial charge in [-0.3, -0.25) is 4.57 Å². The van der Waals surface area contributed by atoms with Crippen LogP contribution in [0.15, 0.2) is 18.2 Å². The second-order valence-corrected chi connectivity index (χ2v) is 7.61. The Morgan fingerprint density at radius 1 is 1.33 bits per heavy atom. The number of halogens is 3. The minimum Gasteiger partial charge on any atom is -0.284 e. The number of hydrogen-bond donors (Lipinski definition) is 0. The van der Waals surface area contributed by atoms with E-state index in [0.29, 0.717) is 10.3 Å². The summed E-state index contributed by atoms with van der Waals surface area (Å²) < 4.78 is 11.2. The van der Waals surface area contributed by atoms with Crippen molar-refractivity contribution in [2.24, 2.45) is 0 Å². The Morgan fingerprint density at radius 3 is 2.33 bits per heavy atom. The second kappa shape index (κ2) is 3.59. The molecule has 0 spiro atoms. The summed E-state index contributed by atoms with van der Waals surface area (Å²) >= 11 is 16.7. The van der Waals surface area contributed by atoms with E-state index >= 15 is 0 Å². The van der Waals surface area contributed by atoms with E-state index in [2.05, 4.69) is 0 Å². The number of aryl methyl sites for hydroxylation is 1. The Kier molecular flexibility index (Phi) is 3.11. The molecule has 1 aromatic rings. The summed E-state index contributed by atoms with van der Waals surface area (Å²) in [6.45, 7) is 1.85. The molecule has 0 aliphatic rings. The highest BCUT2D eigenvalue weighted by Gasteiger charge is 2.20. The summed E-state index contributed by atoms with van der Waals surface area (Å²) in [7, 11) is 0. The summed E-state index contributed by atoms with van der Waals surface area (Å²) in [5.74, 6) is -3.27. The Labute approximate surface area is 85.6 Å². The van der Waals surface area contributed by atoms with Crippen LogP contribution >= 0.6 is 39.9 Å². The van der Waals surface area contributed by atoms with E-state index in [-0.39, 0.29) is 0 Å².